The van der Waals surface area contributed by atoms with Crippen molar-refractivity contribution in [2.45, 2.75) is 38.6 Å². The SMILES string of the molecule is CC1CC(C)(C)N(C)c2cc(F)c(C=Nc3ccc(-c4ccccc4)cc3)cc21. The second-order valence-electron chi connectivity index (χ2n) is 8.58. The Labute approximate surface area is 172 Å². The van der Waals surface area contributed by atoms with Crippen LogP contribution < -0.4 is 4.90 Å². The fourth-order valence-corrected chi connectivity index (χ4v) is 4.22. The number of anilines is 1. The molecular formula is C26H27FN2. The van der Waals surface area contributed by atoms with E-state index >= 15 is 0 Å². The molecule has 2 nitrogen and oxygen atoms in total. The molecule has 0 saturated carbocycles. The Hall–Kier alpha value is -2.94. The summed E-state index contributed by atoms with van der Waals surface area (Å²) in [6.07, 6.45) is 2.68. The number of benzene rings is 3. The zero-order valence-corrected chi connectivity index (χ0v) is 17.5. The van der Waals surface area contributed by atoms with Gasteiger partial charge in [0.05, 0.1) is 5.69 Å². The molecule has 4 rings (SSSR count). The highest BCUT2D eigenvalue weighted by Crippen LogP contribution is 2.43. The number of nitrogens with zero attached hydrogens (tertiary/aromatic N) is 2. The van der Waals surface area contributed by atoms with Gasteiger partial charge in [0.1, 0.15) is 5.82 Å². The topological polar surface area (TPSA) is 15.6 Å². The Morgan fingerprint density at radius 1 is 1.00 bits per heavy atom. The molecule has 0 aliphatic carbocycles. The first kappa shape index (κ1) is 19.4. The van der Waals surface area contributed by atoms with Gasteiger partial charge in [-0.05, 0) is 67.1 Å². The Morgan fingerprint density at radius 2 is 1.66 bits per heavy atom. The molecule has 1 aliphatic heterocycles. The number of hydrogen-bond donors (Lipinski definition) is 0. The van der Waals surface area contributed by atoms with Crippen molar-refractivity contribution in [1.82, 2.24) is 0 Å². The van der Waals surface area contributed by atoms with Gasteiger partial charge in [-0.3, -0.25) is 4.99 Å². The fourth-order valence-electron chi connectivity index (χ4n) is 4.22. The normalized spacial score (nSPS) is 18.1. The molecule has 0 aromatic heterocycles. The molecule has 0 amide bonds. The van der Waals surface area contributed by atoms with Crippen molar-refractivity contribution in [3.8, 4) is 11.1 Å². The van der Waals surface area contributed by atoms with Crippen LogP contribution in [-0.2, 0) is 0 Å². The minimum atomic E-state index is -0.231. The molecule has 148 valence electrons. The van der Waals surface area contributed by atoms with E-state index in [0.717, 1.165) is 23.4 Å². The lowest BCUT2D eigenvalue weighted by Crippen LogP contribution is -2.45. The van der Waals surface area contributed by atoms with E-state index in [9.17, 15) is 4.39 Å². The highest BCUT2D eigenvalue weighted by atomic mass is 19.1. The highest BCUT2D eigenvalue weighted by molar-refractivity contribution is 5.84. The summed E-state index contributed by atoms with van der Waals surface area (Å²) in [6, 6.07) is 21.9. The van der Waals surface area contributed by atoms with Gasteiger partial charge in [-0.15, -0.1) is 0 Å². The lowest BCUT2D eigenvalue weighted by atomic mass is 9.80. The van der Waals surface area contributed by atoms with Gasteiger partial charge in [-0.1, -0.05) is 49.4 Å². The Bertz CT molecular complexity index is 1040. The molecule has 0 N–H and O–H groups in total. The minimum Gasteiger partial charge on any atom is -0.369 e. The standard InChI is InChI=1S/C26H27FN2/c1-18-16-26(2,3)29(4)25-15-24(27)21(14-23(18)25)17-28-22-12-10-20(11-13-22)19-8-6-5-7-9-19/h5-15,17-18H,16H2,1-4H3. The Morgan fingerprint density at radius 3 is 2.34 bits per heavy atom. The minimum absolute atomic E-state index is 0.0228. The Balaban J connectivity index is 1.60. The summed E-state index contributed by atoms with van der Waals surface area (Å²) in [7, 11) is 2.05. The lowest BCUT2D eigenvalue weighted by Gasteiger charge is -2.45. The van der Waals surface area contributed by atoms with Crippen molar-refractivity contribution < 1.29 is 4.39 Å². The molecule has 0 spiro atoms. The third-order valence-electron chi connectivity index (χ3n) is 6.08. The summed E-state index contributed by atoms with van der Waals surface area (Å²) >= 11 is 0. The van der Waals surface area contributed by atoms with Crippen LogP contribution in [0.1, 0.15) is 44.2 Å². The molecule has 1 atom stereocenters. The van der Waals surface area contributed by atoms with Crippen LogP contribution in [0.5, 0.6) is 0 Å². The summed E-state index contributed by atoms with van der Waals surface area (Å²) in [5.41, 5.74) is 5.86. The molecule has 0 bridgehead atoms. The third-order valence-corrected chi connectivity index (χ3v) is 6.08. The van der Waals surface area contributed by atoms with E-state index in [1.54, 1.807) is 12.3 Å². The molecular weight excluding hydrogens is 359 g/mol. The number of rotatable bonds is 3. The number of hydrogen-bond acceptors (Lipinski definition) is 2. The van der Waals surface area contributed by atoms with Crippen molar-refractivity contribution in [3.05, 3.63) is 83.7 Å². The summed E-state index contributed by atoms with van der Waals surface area (Å²) in [5.74, 6) is 0.152. The van der Waals surface area contributed by atoms with E-state index in [-0.39, 0.29) is 11.4 Å². The summed E-state index contributed by atoms with van der Waals surface area (Å²) in [4.78, 5) is 6.70. The lowest BCUT2D eigenvalue weighted by molar-refractivity contribution is 0.394. The van der Waals surface area contributed by atoms with Gasteiger partial charge in [0.15, 0.2) is 0 Å². The molecule has 0 saturated heterocycles. The second-order valence-corrected chi connectivity index (χ2v) is 8.58. The predicted octanol–water partition coefficient (Wildman–Crippen LogP) is 6.97. The highest BCUT2D eigenvalue weighted by Gasteiger charge is 2.34. The van der Waals surface area contributed by atoms with Crippen LogP contribution >= 0.6 is 0 Å². The smallest absolute Gasteiger partial charge is 0.134 e. The zero-order chi connectivity index (χ0) is 20.6. The van der Waals surface area contributed by atoms with Crippen molar-refractivity contribution in [2.24, 2.45) is 4.99 Å². The Kier molecular flexibility index (Phi) is 4.99. The molecule has 0 fully saturated rings. The van der Waals surface area contributed by atoms with Gasteiger partial charge in [0.2, 0.25) is 0 Å². The van der Waals surface area contributed by atoms with Gasteiger partial charge in [0.25, 0.3) is 0 Å². The summed E-state index contributed by atoms with van der Waals surface area (Å²) in [6.45, 7) is 6.63. The molecule has 1 unspecified atom stereocenters. The van der Waals surface area contributed by atoms with Crippen LogP contribution in [0, 0.1) is 5.82 Å². The van der Waals surface area contributed by atoms with Gasteiger partial charge in [0, 0.05) is 30.1 Å². The van der Waals surface area contributed by atoms with Crippen LogP contribution in [-0.4, -0.2) is 18.8 Å². The van der Waals surface area contributed by atoms with E-state index < -0.39 is 0 Å². The van der Waals surface area contributed by atoms with Crippen molar-refractivity contribution in [3.63, 3.8) is 0 Å². The maximum Gasteiger partial charge on any atom is 0.134 e. The zero-order valence-electron chi connectivity index (χ0n) is 17.5. The molecule has 3 aromatic carbocycles. The first-order valence-electron chi connectivity index (χ1n) is 10.1. The van der Waals surface area contributed by atoms with Crippen LogP contribution in [0.2, 0.25) is 0 Å². The monoisotopic (exact) mass is 386 g/mol. The average Bonchev–Trinajstić information content (AvgIpc) is 2.72. The number of halogens is 1. The number of aliphatic imine (C=N–C) groups is 1. The van der Waals surface area contributed by atoms with E-state index in [1.165, 1.54) is 11.1 Å². The molecule has 3 aromatic rings. The molecule has 1 heterocycles. The molecule has 3 heteroatoms. The van der Waals surface area contributed by atoms with Crippen LogP contribution in [0.3, 0.4) is 0 Å². The van der Waals surface area contributed by atoms with Crippen molar-refractivity contribution in [1.29, 1.82) is 0 Å². The third kappa shape index (κ3) is 3.82. The second kappa shape index (κ2) is 7.47. The van der Waals surface area contributed by atoms with Crippen LogP contribution in [0.4, 0.5) is 15.8 Å². The average molecular weight is 387 g/mol. The maximum absolute atomic E-state index is 14.8. The van der Waals surface area contributed by atoms with Crippen molar-refractivity contribution >= 4 is 17.6 Å². The maximum atomic E-state index is 14.8. The van der Waals surface area contributed by atoms with E-state index in [0.29, 0.717) is 11.5 Å². The molecule has 1 aliphatic rings. The first-order valence-corrected chi connectivity index (χ1v) is 10.1. The quantitative estimate of drug-likeness (QED) is 0.444. The van der Waals surface area contributed by atoms with Gasteiger partial charge < -0.3 is 4.90 Å². The summed E-state index contributed by atoms with van der Waals surface area (Å²) < 4.78 is 14.8. The largest absolute Gasteiger partial charge is 0.369 e. The first-order chi connectivity index (χ1) is 13.8. The molecule has 29 heavy (non-hydrogen) atoms. The van der Waals surface area contributed by atoms with Gasteiger partial charge >= 0.3 is 0 Å². The number of fused-ring (bicyclic) bond motifs is 1. The fraction of sp³-hybridized carbons (Fsp3) is 0.269. The van der Waals surface area contributed by atoms with E-state index in [2.05, 4.69) is 42.8 Å². The summed E-state index contributed by atoms with van der Waals surface area (Å²) in [5, 5.41) is 0. The van der Waals surface area contributed by atoms with Crippen LogP contribution in [0.25, 0.3) is 11.1 Å². The molecule has 0 radical (unpaired) electrons. The van der Waals surface area contributed by atoms with Crippen molar-refractivity contribution in [2.75, 3.05) is 11.9 Å². The van der Waals surface area contributed by atoms with E-state index in [4.69, 9.17) is 0 Å². The van der Waals surface area contributed by atoms with Gasteiger partial charge in [-0.2, -0.15) is 0 Å². The van der Waals surface area contributed by atoms with E-state index in [1.807, 2.05) is 55.6 Å². The predicted molar refractivity (Wildman–Crippen MR) is 121 cm³/mol. The van der Waals surface area contributed by atoms with Crippen LogP contribution in [0.15, 0.2) is 71.7 Å². The van der Waals surface area contributed by atoms with Gasteiger partial charge in [-0.25, -0.2) is 4.39 Å².